The normalized spacial score (nSPS) is 10.0. The van der Waals surface area contributed by atoms with Gasteiger partial charge in [-0.15, -0.1) is 0 Å². The third-order valence-corrected chi connectivity index (χ3v) is 2.44. The SMILES string of the molecule is COCCCC(=O)Oc1ccccc1Br. The highest BCUT2D eigenvalue weighted by atomic mass is 79.9. The van der Waals surface area contributed by atoms with Crippen molar-refractivity contribution in [2.45, 2.75) is 12.8 Å². The highest BCUT2D eigenvalue weighted by molar-refractivity contribution is 9.10. The molecule has 0 aromatic heterocycles. The number of esters is 1. The molecule has 1 aromatic rings. The molecule has 1 aromatic carbocycles. The average molecular weight is 273 g/mol. The predicted molar refractivity (Wildman–Crippen MR) is 60.9 cm³/mol. The maximum Gasteiger partial charge on any atom is 0.311 e. The molecule has 15 heavy (non-hydrogen) atoms. The number of carbonyl (C=O) groups is 1. The lowest BCUT2D eigenvalue weighted by Crippen LogP contribution is -2.09. The molecule has 0 saturated heterocycles. The van der Waals surface area contributed by atoms with Crippen molar-refractivity contribution in [3.05, 3.63) is 28.7 Å². The van der Waals surface area contributed by atoms with E-state index in [-0.39, 0.29) is 5.97 Å². The van der Waals surface area contributed by atoms with Gasteiger partial charge in [-0.05, 0) is 34.5 Å². The Hall–Kier alpha value is -0.870. The summed E-state index contributed by atoms with van der Waals surface area (Å²) in [6.45, 7) is 0.574. The van der Waals surface area contributed by atoms with Gasteiger partial charge in [0.1, 0.15) is 5.75 Å². The first-order valence-electron chi connectivity index (χ1n) is 4.68. The van der Waals surface area contributed by atoms with Gasteiger partial charge in [-0.3, -0.25) is 4.79 Å². The molecule has 3 nitrogen and oxygen atoms in total. The van der Waals surface area contributed by atoms with Gasteiger partial charge in [-0.25, -0.2) is 0 Å². The van der Waals surface area contributed by atoms with Crippen LogP contribution in [0, 0.1) is 0 Å². The molecule has 0 heterocycles. The van der Waals surface area contributed by atoms with Crippen molar-refractivity contribution in [3.63, 3.8) is 0 Å². The van der Waals surface area contributed by atoms with Crippen LogP contribution < -0.4 is 4.74 Å². The summed E-state index contributed by atoms with van der Waals surface area (Å²) >= 11 is 3.30. The third-order valence-electron chi connectivity index (χ3n) is 1.79. The van der Waals surface area contributed by atoms with Crippen LogP contribution in [0.15, 0.2) is 28.7 Å². The lowest BCUT2D eigenvalue weighted by Gasteiger charge is -2.05. The lowest BCUT2D eigenvalue weighted by molar-refractivity contribution is -0.134. The summed E-state index contributed by atoms with van der Waals surface area (Å²) in [5.41, 5.74) is 0. The van der Waals surface area contributed by atoms with E-state index in [4.69, 9.17) is 9.47 Å². The van der Waals surface area contributed by atoms with Crippen molar-refractivity contribution in [1.29, 1.82) is 0 Å². The summed E-state index contributed by atoms with van der Waals surface area (Å²) in [5, 5.41) is 0. The highest BCUT2D eigenvalue weighted by Gasteiger charge is 2.06. The Morgan fingerprint density at radius 3 is 2.80 bits per heavy atom. The van der Waals surface area contributed by atoms with Crippen LogP contribution in [0.25, 0.3) is 0 Å². The molecule has 0 aliphatic carbocycles. The number of carbonyl (C=O) groups excluding carboxylic acids is 1. The van der Waals surface area contributed by atoms with Crippen LogP contribution >= 0.6 is 15.9 Å². The second-order valence-corrected chi connectivity index (χ2v) is 3.86. The van der Waals surface area contributed by atoms with Gasteiger partial charge in [0.05, 0.1) is 4.47 Å². The number of rotatable bonds is 5. The molecule has 0 bridgehead atoms. The van der Waals surface area contributed by atoms with Crippen LogP contribution in [0.3, 0.4) is 0 Å². The van der Waals surface area contributed by atoms with Gasteiger partial charge in [0.15, 0.2) is 0 Å². The number of halogens is 1. The zero-order chi connectivity index (χ0) is 11.1. The van der Waals surface area contributed by atoms with Crippen molar-refractivity contribution in [1.82, 2.24) is 0 Å². The Balaban J connectivity index is 2.41. The molecule has 1 rings (SSSR count). The fraction of sp³-hybridized carbons (Fsp3) is 0.364. The van der Waals surface area contributed by atoms with E-state index in [2.05, 4.69) is 15.9 Å². The third kappa shape index (κ3) is 4.44. The quantitative estimate of drug-likeness (QED) is 0.470. The molecule has 0 saturated carbocycles. The van der Waals surface area contributed by atoms with Crippen LogP contribution in [0.5, 0.6) is 5.75 Å². The molecule has 0 aliphatic rings. The van der Waals surface area contributed by atoms with Crippen LogP contribution in [-0.2, 0) is 9.53 Å². The molecule has 0 N–H and O–H groups in total. The fourth-order valence-corrected chi connectivity index (χ4v) is 1.43. The first kappa shape index (κ1) is 12.2. The summed E-state index contributed by atoms with van der Waals surface area (Å²) in [4.78, 5) is 11.3. The minimum Gasteiger partial charge on any atom is -0.425 e. The number of methoxy groups -OCH3 is 1. The van der Waals surface area contributed by atoms with Crippen LogP contribution in [0.4, 0.5) is 0 Å². The van der Waals surface area contributed by atoms with E-state index >= 15 is 0 Å². The first-order chi connectivity index (χ1) is 7.24. The van der Waals surface area contributed by atoms with Crippen molar-refractivity contribution < 1.29 is 14.3 Å². The van der Waals surface area contributed by atoms with E-state index in [1.807, 2.05) is 18.2 Å². The zero-order valence-electron chi connectivity index (χ0n) is 8.53. The molecule has 0 spiro atoms. The van der Waals surface area contributed by atoms with Gasteiger partial charge in [0.2, 0.25) is 0 Å². The van der Waals surface area contributed by atoms with E-state index in [0.717, 1.165) is 4.47 Å². The maximum absolute atomic E-state index is 11.3. The van der Waals surface area contributed by atoms with Crippen LogP contribution in [-0.4, -0.2) is 19.7 Å². The standard InChI is InChI=1S/C11H13BrO3/c1-14-8-4-7-11(13)15-10-6-3-2-5-9(10)12/h2-3,5-6H,4,7-8H2,1H3. The maximum atomic E-state index is 11.3. The summed E-state index contributed by atoms with van der Waals surface area (Å²) in [6.07, 6.45) is 1.05. The van der Waals surface area contributed by atoms with E-state index in [0.29, 0.717) is 25.2 Å². The molecule has 0 radical (unpaired) electrons. The molecule has 82 valence electrons. The van der Waals surface area contributed by atoms with Crippen molar-refractivity contribution >= 4 is 21.9 Å². The summed E-state index contributed by atoms with van der Waals surface area (Å²) in [5.74, 6) is 0.318. The highest BCUT2D eigenvalue weighted by Crippen LogP contribution is 2.24. The van der Waals surface area contributed by atoms with Crippen molar-refractivity contribution in [3.8, 4) is 5.75 Å². The fourth-order valence-electron chi connectivity index (χ4n) is 1.06. The number of hydrogen-bond donors (Lipinski definition) is 0. The molecular weight excluding hydrogens is 260 g/mol. The Labute approximate surface area is 97.5 Å². The summed E-state index contributed by atoms with van der Waals surface area (Å²) in [7, 11) is 1.61. The monoisotopic (exact) mass is 272 g/mol. The zero-order valence-corrected chi connectivity index (χ0v) is 10.1. The molecule has 0 atom stereocenters. The van der Waals surface area contributed by atoms with E-state index in [9.17, 15) is 4.79 Å². The number of benzene rings is 1. The molecule has 4 heteroatoms. The Morgan fingerprint density at radius 2 is 2.13 bits per heavy atom. The van der Waals surface area contributed by atoms with Gasteiger partial charge in [-0.2, -0.15) is 0 Å². The summed E-state index contributed by atoms with van der Waals surface area (Å²) < 4.78 is 10.8. The first-order valence-corrected chi connectivity index (χ1v) is 5.47. The van der Waals surface area contributed by atoms with Gasteiger partial charge in [-0.1, -0.05) is 12.1 Å². The van der Waals surface area contributed by atoms with Crippen molar-refractivity contribution in [2.24, 2.45) is 0 Å². The second kappa shape index (κ2) is 6.58. The van der Waals surface area contributed by atoms with E-state index < -0.39 is 0 Å². The minimum absolute atomic E-state index is 0.237. The molecule has 0 fully saturated rings. The molecule has 0 aliphatic heterocycles. The van der Waals surface area contributed by atoms with E-state index in [1.54, 1.807) is 13.2 Å². The van der Waals surface area contributed by atoms with Gasteiger partial charge >= 0.3 is 5.97 Å². The smallest absolute Gasteiger partial charge is 0.311 e. The molecular formula is C11H13BrO3. The van der Waals surface area contributed by atoms with Crippen LogP contribution in [0.1, 0.15) is 12.8 Å². The largest absolute Gasteiger partial charge is 0.425 e. The summed E-state index contributed by atoms with van der Waals surface area (Å²) in [6, 6.07) is 7.27. The van der Waals surface area contributed by atoms with Gasteiger partial charge in [0.25, 0.3) is 0 Å². The average Bonchev–Trinajstić information content (AvgIpc) is 2.22. The van der Waals surface area contributed by atoms with Gasteiger partial charge in [0, 0.05) is 20.1 Å². The Kier molecular flexibility index (Phi) is 5.36. The number of ether oxygens (including phenoxy) is 2. The Morgan fingerprint density at radius 1 is 1.40 bits per heavy atom. The molecule has 0 unspecified atom stereocenters. The topological polar surface area (TPSA) is 35.5 Å². The molecule has 0 amide bonds. The Bertz CT molecular complexity index is 325. The van der Waals surface area contributed by atoms with Gasteiger partial charge < -0.3 is 9.47 Å². The predicted octanol–water partition coefficient (Wildman–Crippen LogP) is 2.78. The lowest BCUT2D eigenvalue weighted by atomic mass is 10.3. The number of para-hydroxylation sites is 1. The second-order valence-electron chi connectivity index (χ2n) is 3.00. The minimum atomic E-state index is -0.237. The van der Waals surface area contributed by atoms with Crippen LogP contribution in [0.2, 0.25) is 0 Å². The van der Waals surface area contributed by atoms with E-state index in [1.165, 1.54) is 0 Å². The van der Waals surface area contributed by atoms with Crippen molar-refractivity contribution in [2.75, 3.05) is 13.7 Å². The number of hydrogen-bond acceptors (Lipinski definition) is 3.